The molecule has 0 saturated carbocycles. The molecular weight excluding hydrogens is 216 g/mol. The van der Waals surface area contributed by atoms with E-state index in [0.717, 1.165) is 6.26 Å². The number of sulfone groups is 1. The third-order valence-electron chi connectivity index (χ3n) is 1.98. The zero-order valence-corrected chi connectivity index (χ0v) is 9.28. The summed E-state index contributed by atoms with van der Waals surface area (Å²) in [6, 6.07) is 5.33. The lowest BCUT2D eigenvalue weighted by Gasteiger charge is -2.14. The van der Waals surface area contributed by atoms with Crippen LogP contribution < -0.4 is 10.6 Å². The van der Waals surface area contributed by atoms with Gasteiger partial charge in [0.15, 0.2) is 9.84 Å². The highest BCUT2D eigenvalue weighted by molar-refractivity contribution is 7.90. The van der Waals surface area contributed by atoms with Gasteiger partial charge in [0.05, 0.1) is 4.90 Å². The van der Waals surface area contributed by atoms with E-state index < -0.39 is 15.9 Å². The molecule has 1 aromatic carbocycles. The molecule has 2 N–H and O–H groups in total. The second-order valence-corrected chi connectivity index (χ2v) is 5.18. The summed E-state index contributed by atoms with van der Waals surface area (Å²) in [5, 5.41) is 0. The molecule has 0 aromatic heterocycles. The number of carbonyl (C=O) groups is 1. The SMILES string of the molecule is CN(C(N)=O)c1ccc(S(C)(=O)=O)cc1. The lowest BCUT2D eigenvalue weighted by atomic mass is 10.3. The van der Waals surface area contributed by atoms with Crippen molar-refractivity contribution in [2.45, 2.75) is 4.90 Å². The fourth-order valence-electron chi connectivity index (χ4n) is 1.04. The number of primary amides is 1. The molecule has 0 bridgehead atoms. The molecule has 0 aliphatic heterocycles. The molecule has 0 aliphatic carbocycles. The summed E-state index contributed by atoms with van der Waals surface area (Å²) < 4.78 is 22.3. The number of nitrogens with zero attached hydrogens (tertiary/aromatic N) is 1. The van der Waals surface area contributed by atoms with Crippen LogP contribution in [-0.2, 0) is 9.84 Å². The Morgan fingerprint density at radius 2 is 1.73 bits per heavy atom. The summed E-state index contributed by atoms with van der Waals surface area (Å²) in [4.78, 5) is 12.3. The Morgan fingerprint density at radius 3 is 2.07 bits per heavy atom. The van der Waals surface area contributed by atoms with Gasteiger partial charge in [0.25, 0.3) is 0 Å². The molecule has 0 aliphatic rings. The molecule has 6 heteroatoms. The molecule has 0 spiro atoms. The maximum absolute atomic E-state index is 11.1. The number of benzene rings is 1. The molecule has 82 valence electrons. The van der Waals surface area contributed by atoms with Gasteiger partial charge in [-0.25, -0.2) is 13.2 Å². The first-order chi connectivity index (χ1) is 6.82. The third kappa shape index (κ3) is 2.69. The van der Waals surface area contributed by atoms with Crippen LogP contribution in [0.2, 0.25) is 0 Å². The largest absolute Gasteiger partial charge is 0.351 e. The topological polar surface area (TPSA) is 80.5 Å². The summed E-state index contributed by atoms with van der Waals surface area (Å²) in [5.41, 5.74) is 5.61. The smallest absolute Gasteiger partial charge is 0.318 e. The minimum Gasteiger partial charge on any atom is -0.351 e. The van der Waals surface area contributed by atoms with E-state index in [1.807, 2.05) is 0 Å². The van der Waals surface area contributed by atoms with Gasteiger partial charge in [-0.3, -0.25) is 4.90 Å². The van der Waals surface area contributed by atoms with Gasteiger partial charge in [0.2, 0.25) is 0 Å². The molecule has 0 radical (unpaired) electrons. The lowest BCUT2D eigenvalue weighted by molar-refractivity contribution is 0.255. The summed E-state index contributed by atoms with van der Waals surface area (Å²) in [5.74, 6) is 0. The number of amides is 2. The van der Waals surface area contributed by atoms with Crippen molar-refractivity contribution < 1.29 is 13.2 Å². The molecule has 5 nitrogen and oxygen atoms in total. The Hall–Kier alpha value is -1.56. The van der Waals surface area contributed by atoms with Crippen LogP contribution in [0.5, 0.6) is 0 Å². The minimum atomic E-state index is -3.20. The molecule has 0 unspecified atom stereocenters. The number of carbonyl (C=O) groups excluding carboxylic acids is 1. The Balaban J connectivity index is 3.06. The second-order valence-electron chi connectivity index (χ2n) is 3.16. The van der Waals surface area contributed by atoms with E-state index in [-0.39, 0.29) is 4.90 Å². The molecule has 15 heavy (non-hydrogen) atoms. The Bertz CT molecular complexity index is 465. The number of hydrogen-bond acceptors (Lipinski definition) is 3. The predicted octanol–water partition coefficient (Wildman–Crippen LogP) is 0.605. The van der Waals surface area contributed by atoms with E-state index in [1.165, 1.54) is 36.2 Å². The van der Waals surface area contributed by atoms with Crippen LogP contribution in [0.25, 0.3) is 0 Å². The molecule has 0 heterocycles. The fourth-order valence-corrected chi connectivity index (χ4v) is 1.67. The van der Waals surface area contributed by atoms with Crippen LogP contribution in [0.1, 0.15) is 0 Å². The van der Waals surface area contributed by atoms with Gasteiger partial charge >= 0.3 is 6.03 Å². The second kappa shape index (κ2) is 3.90. The van der Waals surface area contributed by atoms with Gasteiger partial charge in [-0.1, -0.05) is 0 Å². The molecular formula is C9H12N2O3S. The number of hydrogen-bond donors (Lipinski definition) is 1. The normalized spacial score (nSPS) is 11.1. The van der Waals surface area contributed by atoms with E-state index in [0.29, 0.717) is 5.69 Å². The van der Waals surface area contributed by atoms with Crippen molar-refractivity contribution in [2.75, 3.05) is 18.2 Å². The van der Waals surface area contributed by atoms with Gasteiger partial charge in [-0.05, 0) is 24.3 Å². The van der Waals surface area contributed by atoms with Gasteiger partial charge in [-0.2, -0.15) is 0 Å². The number of anilines is 1. The first kappa shape index (κ1) is 11.5. The monoisotopic (exact) mass is 228 g/mol. The zero-order chi connectivity index (χ0) is 11.6. The van der Waals surface area contributed by atoms with Crippen molar-refractivity contribution in [1.29, 1.82) is 0 Å². The van der Waals surface area contributed by atoms with Crippen molar-refractivity contribution in [3.05, 3.63) is 24.3 Å². The van der Waals surface area contributed by atoms with Gasteiger partial charge in [0.1, 0.15) is 0 Å². The maximum Gasteiger partial charge on any atom is 0.318 e. The highest BCUT2D eigenvalue weighted by Crippen LogP contribution is 2.16. The molecule has 0 atom stereocenters. The van der Waals surface area contributed by atoms with E-state index in [9.17, 15) is 13.2 Å². The van der Waals surface area contributed by atoms with Crippen LogP contribution in [0.3, 0.4) is 0 Å². The van der Waals surface area contributed by atoms with E-state index in [2.05, 4.69) is 0 Å². The standard InChI is InChI=1S/C9H12N2O3S/c1-11(9(10)12)7-3-5-8(6-4-7)15(2,13)14/h3-6H,1-2H3,(H2,10,12). The molecule has 1 rings (SSSR count). The average molecular weight is 228 g/mol. The van der Waals surface area contributed by atoms with Crippen LogP contribution in [0.15, 0.2) is 29.2 Å². The Morgan fingerprint density at radius 1 is 1.27 bits per heavy atom. The highest BCUT2D eigenvalue weighted by Gasteiger charge is 2.09. The fraction of sp³-hybridized carbons (Fsp3) is 0.222. The summed E-state index contributed by atoms with van der Waals surface area (Å²) >= 11 is 0. The first-order valence-corrected chi connectivity index (χ1v) is 6.05. The molecule has 0 fully saturated rings. The number of urea groups is 1. The van der Waals surface area contributed by atoms with Crippen LogP contribution >= 0.6 is 0 Å². The summed E-state index contributed by atoms with van der Waals surface area (Å²) in [7, 11) is -1.69. The summed E-state index contributed by atoms with van der Waals surface area (Å²) in [6.45, 7) is 0. The minimum absolute atomic E-state index is 0.212. The van der Waals surface area contributed by atoms with Crippen molar-refractivity contribution >= 4 is 21.6 Å². The zero-order valence-electron chi connectivity index (χ0n) is 8.47. The first-order valence-electron chi connectivity index (χ1n) is 4.15. The quantitative estimate of drug-likeness (QED) is 0.805. The van der Waals surface area contributed by atoms with Crippen molar-refractivity contribution in [1.82, 2.24) is 0 Å². The van der Waals surface area contributed by atoms with Crippen LogP contribution in [-0.4, -0.2) is 27.8 Å². The molecule has 1 aromatic rings. The van der Waals surface area contributed by atoms with E-state index >= 15 is 0 Å². The lowest BCUT2D eigenvalue weighted by Crippen LogP contribution is -2.31. The van der Waals surface area contributed by atoms with Gasteiger partial charge < -0.3 is 5.73 Å². The highest BCUT2D eigenvalue weighted by atomic mass is 32.2. The van der Waals surface area contributed by atoms with Crippen molar-refractivity contribution in [2.24, 2.45) is 5.73 Å². The number of nitrogens with two attached hydrogens (primary N) is 1. The van der Waals surface area contributed by atoms with Crippen LogP contribution in [0.4, 0.5) is 10.5 Å². The Kier molecular flexibility index (Phi) is 2.99. The van der Waals surface area contributed by atoms with E-state index in [4.69, 9.17) is 5.73 Å². The Labute approximate surface area is 88.4 Å². The van der Waals surface area contributed by atoms with E-state index in [1.54, 1.807) is 0 Å². The average Bonchev–Trinajstić information content (AvgIpc) is 2.15. The maximum atomic E-state index is 11.1. The van der Waals surface area contributed by atoms with Crippen LogP contribution in [0, 0.1) is 0 Å². The summed E-state index contributed by atoms with van der Waals surface area (Å²) in [6.07, 6.45) is 1.12. The van der Waals surface area contributed by atoms with Gasteiger partial charge in [-0.15, -0.1) is 0 Å². The van der Waals surface area contributed by atoms with Crippen molar-refractivity contribution in [3.8, 4) is 0 Å². The molecule has 2 amide bonds. The van der Waals surface area contributed by atoms with Gasteiger partial charge in [0, 0.05) is 19.0 Å². The van der Waals surface area contributed by atoms with Crippen molar-refractivity contribution in [3.63, 3.8) is 0 Å². The number of rotatable bonds is 2. The molecule has 0 saturated heterocycles. The third-order valence-corrected chi connectivity index (χ3v) is 3.11. The predicted molar refractivity (Wildman–Crippen MR) is 57.5 cm³/mol.